The smallest absolute Gasteiger partial charge is 0.280 e. The molecule has 1 fully saturated rings. The third-order valence-electron chi connectivity index (χ3n) is 6.39. The molecule has 0 aliphatic carbocycles. The van der Waals surface area contributed by atoms with E-state index in [1.54, 1.807) is 19.1 Å². The molecule has 6 nitrogen and oxygen atoms in total. The van der Waals surface area contributed by atoms with Gasteiger partial charge < -0.3 is 24.2 Å². The number of methoxy groups -OCH3 is 2. The average Bonchev–Trinajstić information content (AvgIpc) is 2.82. The maximum Gasteiger partial charge on any atom is 0.280 e. The Morgan fingerprint density at radius 1 is 0.968 bits per heavy atom. The number of rotatable bonds is 9. The van der Waals surface area contributed by atoms with E-state index in [1.165, 1.54) is 16.0 Å². The van der Waals surface area contributed by atoms with Gasteiger partial charge in [-0.1, -0.05) is 30.3 Å². The van der Waals surface area contributed by atoms with Gasteiger partial charge in [-0.15, -0.1) is 0 Å². The lowest BCUT2D eigenvalue weighted by Crippen LogP contribution is -3.29. The molecule has 0 radical (unpaired) electrons. The van der Waals surface area contributed by atoms with Gasteiger partial charge in [0.05, 0.1) is 14.2 Å². The number of carbonyl (C=O) groups excluding carboxylic acids is 1. The fourth-order valence-corrected chi connectivity index (χ4v) is 4.41. The highest BCUT2D eigenvalue weighted by Gasteiger charge is 2.33. The number of hydrogen-bond acceptors (Lipinski definition) is 3. The minimum Gasteiger partial charge on any atom is -0.493 e. The molecule has 1 aliphatic rings. The topological polar surface area (TPSA) is 47.7 Å². The van der Waals surface area contributed by atoms with E-state index in [2.05, 4.69) is 38.1 Å². The van der Waals surface area contributed by atoms with Gasteiger partial charge in [-0.3, -0.25) is 4.79 Å². The van der Waals surface area contributed by atoms with Gasteiger partial charge in [0.15, 0.2) is 17.5 Å². The molecule has 2 N–H and O–H groups in total. The Hall–Kier alpha value is -2.57. The lowest BCUT2D eigenvalue weighted by atomic mass is 10.1. The van der Waals surface area contributed by atoms with Crippen LogP contribution in [-0.4, -0.2) is 63.8 Å². The standard InChI is InChI=1S/C25H35N3O3/c1-5-27(19-21-9-7-6-8-10-21)25(29)20(2)28-15-13-26(14-16-28)18-22-11-12-23(30-3)24(17-22)31-4/h6-12,17,20H,5,13-16,18-19H2,1-4H3/p+2/t20-/m0/s1. The van der Waals surface area contributed by atoms with Gasteiger partial charge >= 0.3 is 0 Å². The van der Waals surface area contributed by atoms with Crippen molar-refractivity contribution in [2.75, 3.05) is 46.9 Å². The SMILES string of the molecule is CCN(Cc1ccccc1)C(=O)[C@H](C)[NH+]1CC[NH+](Cc2ccc(OC)c(OC)c2)CC1. The predicted octanol–water partition coefficient (Wildman–Crippen LogP) is 0.424. The molecule has 0 aromatic heterocycles. The zero-order valence-corrected chi connectivity index (χ0v) is 19.3. The van der Waals surface area contributed by atoms with Crippen LogP contribution in [0, 0.1) is 0 Å². The maximum atomic E-state index is 13.2. The first-order chi connectivity index (χ1) is 15.0. The molecule has 3 rings (SSSR count). The van der Waals surface area contributed by atoms with Gasteiger partial charge in [-0.2, -0.15) is 0 Å². The fraction of sp³-hybridized carbons (Fsp3) is 0.480. The molecule has 0 bridgehead atoms. The van der Waals surface area contributed by atoms with Crippen LogP contribution in [0.25, 0.3) is 0 Å². The summed E-state index contributed by atoms with van der Waals surface area (Å²) in [6, 6.07) is 16.4. The van der Waals surface area contributed by atoms with E-state index < -0.39 is 0 Å². The largest absolute Gasteiger partial charge is 0.493 e. The number of carbonyl (C=O) groups is 1. The van der Waals surface area contributed by atoms with Crippen LogP contribution in [0.2, 0.25) is 0 Å². The molecule has 0 spiro atoms. The number of hydrogen-bond donors (Lipinski definition) is 2. The van der Waals surface area contributed by atoms with Crippen molar-refractivity contribution in [2.45, 2.75) is 33.0 Å². The van der Waals surface area contributed by atoms with Crippen molar-refractivity contribution in [3.8, 4) is 11.5 Å². The Morgan fingerprint density at radius 2 is 1.65 bits per heavy atom. The molecular formula is C25H37N3O3+2. The van der Waals surface area contributed by atoms with Crippen LogP contribution in [-0.2, 0) is 17.9 Å². The van der Waals surface area contributed by atoms with Crippen molar-refractivity contribution >= 4 is 5.91 Å². The predicted molar refractivity (Wildman–Crippen MR) is 122 cm³/mol. The summed E-state index contributed by atoms with van der Waals surface area (Å²) in [5, 5.41) is 0. The summed E-state index contributed by atoms with van der Waals surface area (Å²) >= 11 is 0. The van der Waals surface area contributed by atoms with E-state index in [4.69, 9.17) is 9.47 Å². The molecule has 1 heterocycles. The van der Waals surface area contributed by atoms with Crippen molar-refractivity contribution in [3.05, 3.63) is 59.7 Å². The minimum absolute atomic E-state index is 0.00806. The first kappa shape index (κ1) is 23.1. The van der Waals surface area contributed by atoms with E-state index in [0.717, 1.165) is 50.8 Å². The number of nitrogens with zero attached hydrogens (tertiary/aromatic N) is 1. The van der Waals surface area contributed by atoms with Gasteiger partial charge in [0.25, 0.3) is 5.91 Å². The summed E-state index contributed by atoms with van der Waals surface area (Å²) in [5.74, 6) is 1.80. The lowest BCUT2D eigenvalue weighted by Gasteiger charge is -2.34. The van der Waals surface area contributed by atoms with E-state index in [0.29, 0.717) is 6.54 Å². The van der Waals surface area contributed by atoms with Crippen molar-refractivity contribution in [3.63, 3.8) is 0 Å². The van der Waals surface area contributed by atoms with Crippen molar-refractivity contribution in [1.29, 1.82) is 0 Å². The molecule has 168 valence electrons. The van der Waals surface area contributed by atoms with Crippen molar-refractivity contribution < 1.29 is 24.1 Å². The molecule has 6 heteroatoms. The highest BCUT2D eigenvalue weighted by atomic mass is 16.5. The third kappa shape index (κ3) is 5.99. The number of nitrogens with one attached hydrogen (secondary N) is 2. The van der Waals surface area contributed by atoms with Crippen LogP contribution < -0.4 is 19.3 Å². The summed E-state index contributed by atoms with van der Waals surface area (Å²) in [7, 11) is 3.33. The number of quaternary nitrogens is 2. The third-order valence-corrected chi connectivity index (χ3v) is 6.39. The van der Waals surface area contributed by atoms with Crippen molar-refractivity contribution in [1.82, 2.24) is 4.90 Å². The zero-order chi connectivity index (χ0) is 22.2. The average molecular weight is 428 g/mol. The van der Waals surface area contributed by atoms with E-state index in [-0.39, 0.29) is 11.9 Å². The molecule has 2 aromatic rings. The number of ether oxygens (including phenoxy) is 2. The highest BCUT2D eigenvalue weighted by molar-refractivity contribution is 5.80. The highest BCUT2D eigenvalue weighted by Crippen LogP contribution is 2.27. The quantitative estimate of drug-likeness (QED) is 0.610. The summed E-state index contributed by atoms with van der Waals surface area (Å²) in [4.78, 5) is 18.1. The molecule has 2 aromatic carbocycles. The first-order valence-electron chi connectivity index (χ1n) is 11.3. The second kappa shape index (κ2) is 11.2. The molecule has 0 saturated carbocycles. The Labute approximate surface area is 186 Å². The van der Waals surface area contributed by atoms with Gasteiger partial charge in [-0.25, -0.2) is 0 Å². The van der Waals surface area contributed by atoms with Crippen LogP contribution in [0.3, 0.4) is 0 Å². The fourth-order valence-electron chi connectivity index (χ4n) is 4.41. The number of amides is 1. The first-order valence-corrected chi connectivity index (χ1v) is 11.3. The monoisotopic (exact) mass is 427 g/mol. The summed E-state index contributed by atoms with van der Waals surface area (Å²) in [6.07, 6.45) is 0. The van der Waals surface area contributed by atoms with E-state index in [1.807, 2.05) is 29.2 Å². The van der Waals surface area contributed by atoms with Gasteiger partial charge in [0.1, 0.15) is 32.7 Å². The van der Waals surface area contributed by atoms with Crippen LogP contribution in [0.15, 0.2) is 48.5 Å². The number of likely N-dealkylation sites (N-methyl/N-ethyl adjacent to an activating group) is 1. The maximum absolute atomic E-state index is 13.2. The molecule has 1 aliphatic heterocycles. The molecule has 1 saturated heterocycles. The van der Waals surface area contributed by atoms with Gasteiger partial charge in [0.2, 0.25) is 0 Å². The second-order valence-corrected chi connectivity index (χ2v) is 8.33. The Morgan fingerprint density at radius 3 is 2.26 bits per heavy atom. The Kier molecular flexibility index (Phi) is 8.32. The summed E-state index contributed by atoms with van der Waals surface area (Å²) in [6.45, 7) is 10.7. The summed E-state index contributed by atoms with van der Waals surface area (Å²) in [5.41, 5.74) is 2.43. The summed E-state index contributed by atoms with van der Waals surface area (Å²) < 4.78 is 10.8. The zero-order valence-electron chi connectivity index (χ0n) is 19.3. The normalized spacial score (nSPS) is 19.5. The molecule has 31 heavy (non-hydrogen) atoms. The van der Waals surface area contributed by atoms with Crippen LogP contribution in [0.1, 0.15) is 25.0 Å². The van der Waals surface area contributed by atoms with Gasteiger partial charge in [-0.05, 0) is 37.6 Å². The Bertz CT molecular complexity index is 835. The molecule has 1 atom stereocenters. The number of piperazine rings is 1. The molecule has 0 unspecified atom stereocenters. The van der Waals surface area contributed by atoms with Crippen LogP contribution in [0.5, 0.6) is 11.5 Å². The van der Waals surface area contributed by atoms with E-state index >= 15 is 0 Å². The van der Waals surface area contributed by atoms with Crippen molar-refractivity contribution in [2.24, 2.45) is 0 Å². The van der Waals surface area contributed by atoms with E-state index in [9.17, 15) is 4.79 Å². The van der Waals surface area contributed by atoms with Gasteiger partial charge in [0, 0.05) is 18.7 Å². The number of benzene rings is 2. The van der Waals surface area contributed by atoms with Crippen LogP contribution >= 0.6 is 0 Å². The lowest BCUT2D eigenvalue weighted by molar-refractivity contribution is -1.02. The molecular weight excluding hydrogens is 390 g/mol. The Balaban J connectivity index is 1.53. The van der Waals surface area contributed by atoms with Crippen LogP contribution in [0.4, 0.5) is 0 Å². The second-order valence-electron chi connectivity index (χ2n) is 8.33. The minimum atomic E-state index is -0.00806. The molecule has 1 amide bonds.